The number of ether oxygens (including phenoxy) is 1. The zero-order chi connectivity index (χ0) is 9.80. The Kier molecular flexibility index (Phi) is 2.56. The molecule has 1 fully saturated rings. The third-order valence-corrected chi connectivity index (χ3v) is 2.05. The number of rotatable bonds is 1. The van der Waals surface area contributed by atoms with Gasteiger partial charge in [-0.15, -0.1) is 0 Å². The van der Waals surface area contributed by atoms with E-state index in [0.717, 1.165) is 6.54 Å². The number of aromatic nitrogens is 2. The molecule has 0 N–H and O–H groups in total. The van der Waals surface area contributed by atoms with E-state index in [-0.39, 0.29) is 6.10 Å². The first-order valence-electron chi connectivity index (χ1n) is 4.43. The Balaban J connectivity index is 2.09. The van der Waals surface area contributed by atoms with Gasteiger partial charge in [0.1, 0.15) is 0 Å². The summed E-state index contributed by atoms with van der Waals surface area (Å²) < 4.78 is 5.22. The second-order valence-electron chi connectivity index (χ2n) is 2.98. The fourth-order valence-corrected chi connectivity index (χ4v) is 1.36. The highest BCUT2D eigenvalue weighted by molar-refractivity contribution is 5.30. The molecule has 0 spiro atoms. The van der Waals surface area contributed by atoms with Crippen LogP contribution in [0.15, 0.2) is 18.5 Å². The molecule has 0 amide bonds. The SMILES string of the molecule is N#CC1CN(c2ncccn2)CCO1. The van der Waals surface area contributed by atoms with Crippen LogP contribution in [0.1, 0.15) is 0 Å². The van der Waals surface area contributed by atoms with Gasteiger partial charge in [-0.1, -0.05) is 0 Å². The van der Waals surface area contributed by atoms with Crippen molar-refractivity contribution in [2.75, 3.05) is 24.6 Å². The molecule has 0 bridgehead atoms. The van der Waals surface area contributed by atoms with Crippen molar-refractivity contribution in [2.45, 2.75) is 6.10 Å². The van der Waals surface area contributed by atoms with Crippen molar-refractivity contribution >= 4 is 5.95 Å². The Morgan fingerprint density at radius 1 is 1.50 bits per heavy atom. The molecule has 1 aromatic heterocycles. The largest absolute Gasteiger partial charge is 0.360 e. The number of nitrogens with zero attached hydrogens (tertiary/aromatic N) is 4. The zero-order valence-corrected chi connectivity index (χ0v) is 7.63. The second kappa shape index (κ2) is 4.03. The highest BCUT2D eigenvalue weighted by Gasteiger charge is 2.21. The Bertz CT molecular complexity index is 334. The van der Waals surface area contributed by atoms with Crippen molar-refractivity contribution in [3.05, 3.63) is 18.5 Å². The minimum absolute atomic E-state index is 0.368. The molecule has 0 aromatic carbocycles. The number of morpholine rings is 1. The predicted octanol–water partition coefficient (Wildman–Crippen LogP) is 0.205. The molecule has 1 aromatic rings. The van der Waals surface area contributed by atoms with E-state index in [0.29, 0.717) is 19.1 Å². The van der Waals surface area contributed by atoms with Gasteiger partial charge in [-0.05, 0) is 6.07 Å². The first-order valence-corrected chi connectivity index (χ1v) is 4.43. The highest BCUT2D eigenvalue weighted by Crippen LogP contribution is 2.10. The van der Waals surface area contributed by atoms with Gasteiger partial charge < -0.3 is 9.64 Å². The van der Waals surface area contributed by atoms with Gasteiger partial charge in [0.2, 0.25) is 5.95 Å². The van der Waals surface area contributed by atoms with Crippen molar-refractivity contribution < 1.29 is 4.74 Å². The van der Waals surface area contributed by atoms with Crippen LogP contribution in [0.5, 0.6) is 0 Å². The van der Waals surface area contributed by atoms with Crippen molar-refractivity contribution in [1.82, 2.24) is 9.97 Å². The van der Waals surface area contributed by atoms with Crippen LogP contribution in [0, 0.1) is 11.3 Å². The molecule has 0 aliphatic carbocycles. The minimum atomic E-state index is -0.368. The van der Waals surface area contributed by atoms with Gasteiger partial charge >= 0.3 is 0 Å². The molecule has 14 heavy (non-hydrogen) atoms. The maximum Gasteiger partial charge on any atom is 0.225 e. The predicted molar refractivity (Wildman–Crippen MR) is 49.6 cm³/mol. The fourth-order valence-electron chi connectivity index (χ4n) is 1.36. The highest BCUT2D eigenvalue weighted by atomic mass is 16.5. The zero-order valence-electron chi connectivity index (χ0n) is 7.63. The molecule has 5 nitrogen and oxygen atoms in total. The van der Waals surface area contributed by atoms with E-state index in [1.807, 2.05) is 4.90 Å². The third kappa shape index (κ3) is 1.80. The van der Waals surface area contributed by atoms with Gasteiger partial charge in [0.05, 0.1) is 19.2 Å². The van der Waals surface area contributed by atoms with E-state index < -0.39 is 0 Å². The smallest absolute Gasteiger partial charge is 0.225 e. The minimum Gasteiger partial charge on any atom is -0.360 e. The summed E-state index contributed by atoms with van der Waals surface area (Å²) >= 11 is 0. The summed E-state index contributed by atoms with van der Waals surface area (Å²) in [4.78, 5) is 10.2. The maximum absolute atomic E-state index is 8.71. The van der Waals surface area contributed by atoms with Crippen molar-refractivity contribution in [3.8, 4) is 6.07 Å². The van der Waals surface area contributed by atoms with Crippen LogP contribution in [-0.2, 0) is 4.74 Å². The molecule has 1 saturated heterocycles. The van der Waals surface area contributed by atoms with Crippen LogP contribution in [0.2, 0.25) is 0 Å². The maximum atomic E-state index is 8.71. The van der Waals surface area contributed by atoms with Gasteiger partial charge in [-0.3, -0.25) is 0 Å². The summed E-state index contributed by atoms with van der Waals surface area (Å²) in [7, 11) is 0. The molecule has 2 rings (SSSR count). The van der Waals surface area contributed by atoms with Crippen molar-refractivity contribution in [2.24, 2.45) is 0 Å². The summed E-state index contributed by atoms with van der Waals surface area (Å²) in [6, 6.07) is 3.85. The number of nitriles is 1. The lowest BCUT2D eigenvalue weighted by Gasteiger charge is -2.29. The van der Waals surface area contributed by atoms with Crippen LogP contribution < -0.4 is 4.90 Å². The first kappa shape index (κ1) is 8.91. The molecule has 0 saturated carbocycles. The Labute approximate surface area is 82.0 Å². The Morgan fingerprint density at radius 2 is 2.29 bits per heavy atom. The van der Waals surface area contributed by atoms with Crippen LogP contribution in [0.25, 0.3) is 0 Å². The van der Waals surface area contributed by atoms with E-state index in [1.54, 1.807) is 18.5 Å². The first-order chi connectivity index (χ1) is 6.90. The average molecular weight is 190 g/mol. The average Bonchev–Trinajstić information content (AvgIpc) is 2.30. The van der Waals surface area contributed by atoms with Gasteiger partial charge in [-0.2, -0.15) is 5.26 Å². The van der Waals surface area contributed by atoms with E-state index in [2.05, 4.69) is 16.0 Å². The Hall–Kier alpha value is -1.67. The van der Waals surface area contributed by atoms with Gasteiger partial charge in [0.15, 0.2) is 6.10 Å². The van der Waals surface area contributed by atoms with Crippen molar-refractivity contribution in [1.29, 1.82) is 5.26 Å². The summed E-state index contributed by atoms with van der Waals surface area (Å²) in [6.45, 7) is 1.83. The van der Waals surface area contributed by atoms with Gasteiger partial charge in [0, 0.05) is 18.9 Å². The summed E-state index contributed by atoms with van der Waals surface area (Å²) in [5.41, 5.74) is 0. The topological polar surface area (TPSA) is 62.0 Å². The molecule has 72 valence electrons. The van der Waals surface area contributed by atoms with E-state index in [1.165, 1.54) is 0 Å². The Morgan fingerprint density at radius 3 is 3.00 bits per heavy atom. The van der Waals surface area contributed by atoms with Gasteiger partial charge in [0.25, 0.3) is 0 Å². The van der Waals surface area contributed by atoms with Crippen molar-refractivity contribution in [3.63, 3.8) is 0 Å². The number of hydrogen-bond acceptors (Lipinski definition) is 5. The van der Waals surface area contributed by atoms with Gasteiger partial charge in [-0.25, -0.2) is 9.97 Å². The normalized spacial score (nSPS) is 21.6. The molecule has 1 atom stereocenters. The molecular weight excluding hydrogens is 180 g/mol. The number of anilines is 1. The lowest BCUT2D eigenvalue weighted by Crippen LogP contribution is -2.42. The molecular formula is C9H10N4O. The molecule has 1 unspecified atom stereocenters. The lowest BCUT2D eigenvalue weighted by atomic mass is 10.3. The van der Waals surface area contributed by atoms with Crippen LogP contribution in [0.4, 0.5) is 5.95 Å². The molecule has 0 radical (unpaired) electrons. The molecule has 1 aliphatic rings. The summed E-state index contributed by atoms with van der Waals surface area (Å²) in [5.74, 6) is 0.663. The summed E-state index contributed by atoms with van der Waals surface area (Å²) in [6.07, 6.45) is 3.02. The number of hydrogen-bond donors (Lipinski definition) is 0. The quantitative estimate of drug-likeness (QED) is 0.633. The van der Waals surface area contributed by atoms with Crippen LogP contribution >= 0.6 is 0 Å². The molecule has 1 aliphatic heterocycles. The monoisotopic (exact) mass is 190 g/mol. The van der Waals surface area contributed by atoms with E-state index in [4.69, 9.17) is 10.00 Å². The van der Waals surface area contributed by atoms with E-state index >= 15 is 0 Å². The van der Waals surface area contributed by atoms with E-state index in [9.17, 15) is 0 Å². The second-order valence-corrected chi connectivity index (χ2v) is 2.98. The third-order valence-electron chi connectivity index (χ3n) is 2.05. The standard InChI is InChI=1S/C9H10N4O/c10-6-8-7-13(4-5-14-8)9-11-2-1-3-12-9/h1-3,8H,4-5,7H2. The van der Waals surface area contributed by atoms with Crippen LogP contribution in [-0.4, -0.2) is 35.8 Å². The molecule has 5 heteroatoms. The summed E-state index contributed by atoms with van der Waals surface area (Å²) in [5, 5.41) is 8.71. The van der Waals surface area contributed by atoms with Crippen LogP contribution in [0.3, 0.4) is 0 Å². The molecule has 2 heterocycles. The fraction of sp³-hybridized carbons (Fsp3) is 0.444. The lowest BCUT2D eigenvalue weighted by molar-refractivity contribution is 0.0758.